The summed E-state index contributed by atoms with van der Waals surface area (Å²) in [6, 6.07) is 1.57. The molecule has 0 radical (unpaired) electrons. The Morgan fingerprint density at radius 3 is 2.76 bits per heavy atom. The van der Waals surface area contributed by atoms with Gasteiger partial charge in [0.15, 0.2) is 0 Å². The molecule has 0 saturated carbocycles. The van der Waals surface area contributed by atoms with E-state index in [0.717, 1.165) is 0 Å². The van der Waals surface area contributed by atoms with Crippen LogP contribution >= 0.6 is 12.4 Å². The van der Waals surface area contributed by atoms with Crippen LogP contribution in [-0.4, -0.2) is 30.1 Å². The summed E-state index contributed by atoms with van der Waals surface area (Å²) >= 11 is 0. The van der Waals surface area contributed by atoms with E-state index in [4.69, 9.17) is 10.3 Å². The zero-order chi connectivity index (χ0) is 12.2. The Kier molecular flexibility index (Phi) is 6.04. The van der Waals surface area contributed by atoms with Gasteiger partial charge in [-0.1, -0.05) is 5.16 Å². The van der Waals surface area contributed by atoms with Crippen molar-refractivity contribution in [2.24, 2.45) is 5.73 Å². The summed E-state index contributed by atoms with van der Waals surface area (Å²) in [6.07, 6.45) is -0.0853. The van der Waals surface area contributed by atoms with Crippen molar-refractivity contribution in [3.8, 4) is 0 Å². The van der Waals surface area contributed by atoms with Crippen LogP contribution in [0.15, 0.2) is 10.6 Å². The molecular formula is C9H14ClF2N3O2. The van der Waals surface area contributed by atoms with Crippen molar-refractivity contribution in [3.05, 3.63) is 17.5 Å². The Labute approximate surface area is 103 Å². The third-order valence-corrected chi connectivity index (χ3v) is 1.86. The van der Waals surface area contributed by atoms with E-state index in [9.17, 15) is 13.6 Å². The number of halogens is 3. The summed E-state index contributed by atoms with van der Waals surface area (Å²) in [6.45, 7) is 0.118. The maximum atomic E-state index is 12.7. The lowest BCUT2D eigenvalue weighted by atomic mass is 10.2. The molecule has 1 rings (SSSR count). The van der Waals surface area contributed by atoms with Gasteiger partial charge in [0.1, 0.15) is 5.76 Å². The summed E-state index contributed by atoms with van der Waals surface area (Å²) < 4.78 is 30.1. The predicted molar refractivity (Wildman–Crippen MR) is 59.2 cm³/mol. The van der Waals surface area contributed by atoms with Gasteiger partial charge < -0.3 is 15.6 Å². The van der Waals surface area contributed by atoms with Gasteiger partial charge in [-0.25, -0.2) is 8.78 Å². The highest BCUT2D eigenvalue weighted by Gasteiger charge is 2.27. The van der Waals surface area contributed by atoms with Gasteiger partial charge in [-0.05, 0) is 6.92 Å². The molecule has 0 aliphatic heterocycles. The second-order valence-corrected chi connectivity index (χ2v) is 3.44. The van der Waals surface area contributed by atoms with Gasteiger partial charge in [0.25, 0.3) is 5.92 Å². The minimum atomic E-state index is -3.07. The summed E-state index contributed by atoms with van der Waals surface area (Å²) in [4.78, 5) is 11.2. The van der Waals surface area contributed by atoms with Gasteiger partial charge in [-0.2, -0.15) is 0 Å². The average molecular weight is 270 g/mol. The highest BCUT2D eigenvalue weighted by Crippen LogP contribution is 2.09. The number of hydrogen-bond donors (Lipinski definition) is 2. The van der Waals surface area contributed by atoms with Crippen LogP contribution in [0.2, 0.25) is 0 Å². The molecule has 0 atom stereocenters. The summed E-state index contributed by atoms with van der Waals surface area (Å²) in [7, 11) is 0. The topological polar surface area (TPSA) is 81.2 Å². The molecule has 0 aliphatic rings. The van der Waals surface area contributed by atoms with Gasteiger partial charge in [-0.15, -0.1) is 12.4 Å². The number of alkyl halides is 2. The van der Waals surface area contributed by atoms with Crippen molar-refractivity contribution in [3.63, 3.8) is 0 Å². The van der Waals surface area contributed by atoms with Crippen LogP contribution in [0.5, 0.6) is 0 Å². The third kappa shape index (κ3) is 5.60. The van der Waals surface area contributed by atoms with E-state index in [2.05, 4.69) is 10.5 Å². The first-order valence-corrected chi connectivity index (χ1v) is 4.70. The standard InChI is InChI=1S/C9H13F2N3O2.ClH/c1-6-2-7(14-16-6)3-8(15)13-5-9(10,11)4-12;/h2H,3-5,12H2,1H3,(H,13,15);1H. The monoisotopic (exact) mass is 269 g/mol. The molecule has 0 bridgehead atoms. The van der Waals surface area contributed by atoms with E-state index in [1.807, 2.05) is 0 Å². The number of amides is 1. The number of rotatable bonds is 5. The van der Waals surface area contributed by atoms with Crippen molar-refractivity contribution in [2.45, 2.75) is 19.3 Å². The van der Waals surface area contributed by atoms with Crippen LogP contribution in [0.3, 0.4) is 0 Å². The van der Waals surface area contributed by atoms with Crippen LogP contribution in [0.1, 0.15) is 11.5 Å². The number of hydrogen-bond acceptors (Lipinski definition) is 4. The van der Waals surface area contributed by atoms with Gasteiger partial charge in [0.05, 0.1) is 25.2 Å². The first kappa shape index (κ1) is 15.8. The largest absolute Gasteiger partial charge is 0.361 e. The minimum Gasteiger partial charge on any atom is -0.361 e. The molecular weight excluding hydrogens is 256 g/mol. The van der Waals surface area contributed by atoms with E-state index in [-0.39, 0.29) is 18.8 Å². The van der Waals surface area contributed by atoms with Crippen molar-refractivity contribution in [1.29, 1.82) is 0 Å². The van der Waals surface area contributed by atoms with E-state index in [0.29, 0.717) is 11.5 Å². The Hall–Kier alpha value is -1.21. The Morgan fingerprint density at radius 1 is 1.65 bits per heavy atom. The SMILES string of the molecule is Cc1cc(CC(=O)NCC(F)(F)CN)no1.Cl. The molecule has 0 aromatic carbocycles. The molecule has 5 nitrogen and oxygen atoms in total. The molecule has 98 valence electrons. The second kappa shape index (κ2) is 6.51. The average Bonchev–Trinajstić information content (AvgIpc) is 2.61. The van der Waals surface area contributed by atoms with Crippen molar-refractivity contribution < 1.29 is 18.1 Å². The predicted octanol–water partition coefficient (Wildman–Crippen LogP) is 0.658. The zero-order valence-corrected chi connectivity index (χ0v) is 10.0. The molecule has 1 aromatic rings. The van der Waals surface area contributed by atoms with E-state index < -0.39 is 24.9 Å². The van der Waals surface area contributed by atoms with Crippen LogP contribution < -0.4 is 11.1 Å². The highest BCUT2D eigenvalue weighted by atomic mass is 35.5. The van der Waals surface area contributed by atoms with E-state index >= 15 is 0 Å². The molecule has 0 saturated heterocycles. The molecule has 0 spiro atoms. The molecule has 0 unspecified atom stereocenters. The quantitative estimate of drug-likeness (QED) is 0.823. The van der Waals surface area contributed by atoms with Crippen molar-refractivity contribution in [2.75, 3.05) is 13.1 Å². The summed E-state index contributed by atoms with van der Waals surface area (Å²) in [5, 5.41) is 5.65. The zero-order valence-electron chi connectivity index (χ0n) is 9.20. The van der Waals surface area contributed by atoms with E-state index in [1.54, 1.807) is 13.0 Å². The number of nitrogens with zero attached hydrogens (tertiary/aromatic N) is 1. The van der Waals surface area contributed by atoms with Crippen LogP contribution in [-0.2, 0) is 11.2 Å². The maximum Gasteiger partial charge on any atom is 0.277 e. The number of nitrogens with one attached hydrogen (secondary N) is 1. The van der Waals surface area contributed by atoms with Crippen LogP contribution in [0.4, 0.5) is 8.78 Å². The minimum absolute atomic E-state index is 0. The molecule has 1 amide bonds. The highest BCUT2D eigenvalue weighted by molar-refractivity contribution is 5.85. The molecule has 1 heterocycles. The normalized spacial score (nSPS) is 10.8. The fourth-order valence-corrected chi connectivity index (χ4v) is 1.03. The van der Waals surface area contributed by atoms with Crippen molar-refractivity contribution >= 4 is 18.3 Å². The summed E-state index contributed by atoms with van der Waals surface area (Å²) in [5.74, 6) is -3.05. The fraction of sp³-hybridized carbons (Fsp3) is 0.556. The molecule has 17 heavy (non-hydrogen) atoms. The second-order valence-electron chi connectivity index (χ2n) is 3.44. The molecule has 3 N–H and O–H groups in total. The lowest BCUT2D eigenvalue weighted by molar-refractivity contribution is -0.122. The molecule has 0 aliphatic carbocycles. The van der Waals surface area contributed by atoms with Crippen LogP contribution in [0.25, 0.3) is 0 Å². The summed E-state index contributed by atoms with van der Waals surface area (Å²) in [5.41, 5.74) is 5.23. The number of nitrogens with two attached hydrogens (primary N) is 1. The Bertz CT molecular complexity index is 371. The first-order valence-electron chi connectivity index (χ1n) is 4.70. The molecule has 8 heteroatoms. The number of aromatic nitrogens is 1. The lowest BCUT2D eigenvalue weighted by Gasteiger charge is -2.13. The Balaban J connectivity index is 0.00000256. The smallest absolute Gasteiger partial charge is 0.277 e. The fourth-order valence-electron chi connectivity index (χ4n) is 1.03. The molecule has 0 fully saturated rings. The Morgan fingerprint density at radius 2 is 2.29 bits per heavy atom. The third-order valence-electron chi connectivity index (χ3n) is 1.86. The first-order chi connectivity index (χ1) is 7.43. The van der Waals surface area contributed by atoms with Gasteiger partial charge in [0, 0.05) is 6.07 Å². The van der Waals surface area contributed by atoms with Gasteiger partial charge in [0.2, 0.25) is 5.91 Å². The maximum absolute atomic E-state index is 12.7. The van der Waals surface area contributed by atoms with Gasteiger partial charge >= 0.3 is 0 Å². The number of carbonyl (C=O) groups is 1. The molecule has 1 aromatic heterocycles. The number of carbonyl (C=O) groups excluding carboxylic acids is 1. The van der Waals surface area contributed by atoms with E-state index in [1.165, 1.54) is 0 Å². The van der Waals surface area contributed by atoms with Crippen molar-refractivity contribution in [1.82, 2.24) is 10.5 Å². The number of aryl methyl sites for hydroxylation is 1. The van der Waals surface area contributed by atoms with Crippen LogP contribution in [0, 0.1) is 6.92 Å². The lowest BCUT2D eigenvalue weighted by Crippen LogP contribution is -2.42. The van der Waals surface area contributed by atoms with Gasteiger partial charge in [-0.3, -0.25) is 4.79 Å².